The normalized spacial score (nSPS) is 31.7. The minimum Gasteiger partial charge on any atom is -0.392 e. The van der Waals surface area contributed by atoms with Crippen molar-refractivity contribution in [3.05, 3.63) is 38.6 Å². The fourth-order valence-electron chi connectivity index (χ4n) is 3.79. The van der Waals surface area contributed by atoms with Gasteiger partial charge in [-0.2, -0.15) is 0 Å². The lowest BCUT2D eigenvalue weighted by Crippen LogP contribution is -2.42. The molecule has 0 spiro atoms. The van der Waals surface area contributed by atoms with E-state index in [9.17, 15) is 9.90 Å². The van der Waals surface area contributed by atoms with E-state index in [2.05, 4.69) is 25.3 Å². The van der Waals surface area contributed by atoms with E-state index in [1.807, 2.05) is 13.0 Å². The molecule has 0 amide bonds. The lowest BCUT2D eigenvalue weighted by molar-refractivity contribution is -0.113. The topological polar surface area (TPSA) is 37.3 Å². The van der Waals surface area contributed by atoms with Crippen molar-refractivity contribution >= 4 is 23.2 Å². The molecule has 0 radical (unpaired) electrons. The summed E-state index contributed by atoms with van der Waals surface area (Å²) in [6.07, 6.45) is 5.13. The van der Waals surface area contributed by atoms with Crippen LogP contribution in [-0.4, -0.2) is 17.0 Å². The molecule has 2 aliphatic rings. The van der Waals surface area contributed by atoms with E-state index in [0.29, 0.717) is 6.42 Å². The highest BCUT2D eigenvalue weighted by Gasteiger charge is 2.45. The van der Waals surface area contributed by atoms with Gasteiger partial charge in [0.25, 0.3) is 0 Å². The van der Waals surface area contributed by atoms with Crippen molar-refractivity contribution in [2.45, 2.75) is 52.6 Å². The van der Waals surface area contributed by atoms with Gasteiger partial charge in [0, 0.05) is 15.9 Å². The fraction of sp³-hybridized carbons (Fsp3) is 0.500. The highest BCUT2D eigenvalue weighted by Crippen LogP contribution is 2.50. The van der Waals surface area contributed by atoms with Crippen LogP contribution in [0, 0.1) is 12.3 Å². The molecule has 2 aliphatic carbocycles. The van der Waals surface area contributed by atoms with Crippen LogP contribution in [0.3, 0.4) is 0 Å². The molecule has 0 aliphatic heterocycles. The quantitative estimate of drug-likeness (QED) is 0.786. The number of aliphatic hydroxyl groups is 1. The Labute approximate surface area is 130 Å². The SMILES string of the molecule is CC1=C2CCC[C@H](O)[C@@]2(C)CC(=Cc2cc(C)cs2)C1=O. The molecule has 21 heavy (non-hydrogen) atoms. The molecular formula is C18H22O2S. The Kier molecular flexibility index (Phi) is 3.66. The molecule has 0 bridgehead atoms. The number of fused-ring (bicyclic) bond motifs is 1. The first kappa shape index (κ1) is 14.7. The van der Waals surface area contributed by atoms with Gasteiger partial charge in [-0.25, -0.2) is 0 Å². The molecule has 1 N–H and O–H groups in total. The highest BCUT2D eigenvalue weighted by atomic mass is 32.1. The Morgan fingerprint density at radius 1 is 1.43 bits per heavy atom. The molecule has 1 heterocycles. The van der Waals surface area contributed by atoms with Gasteiger partial charge in [-0.3, -0.25) is 4.79 Å². The predicted molar refractivity (Wildman–Crippen MR) is 87.3 cm³/mol. The van der Waals surface area contributed by atoms with Gasteiger partial charge in [0.2, 0.25) is 0 Å². The van der Waals surface area contributed by atoms with E-state index in [0.717, 1.165) is 35.3 Å². The molecule has 0 unspecified atom stereocenters. The summed E-state index contributed by atoms with van der Waals surface area (Å²) in [5, 5.41) is 12.6. The summed E-state index contributed by atoms with van der Waals surface area (Å²) in [5.74, 6) is 0.169. The summed E-state index contributed by atoms with van der Waals surface area (Å²) in [5.41, 5.74) is 3.87. The number of allylic oxidation sites excluding steroid dienone is 2. The number of ketones is 1. The van der Waals surface area contributed by atoms with Gasteiger partial charge >= 0.3 is 0 Å². The minimum atomic E-state index is -0.335. The fourth-order valence-corrected chi connectivity index (χ4v) is 4.64. The van der Waals surface area contributed by atoms with Gasteiger partial charge in [0.1, 0.15) is 0 Å². The second kappa shape index (κ2) is 5.22. The van der Waals surface area contributed by atoms with Gasteiger partial charge in [-0.05, 0) is 68.2 Å². The van der Waals surface area contributed by atoms with E-state index in [4.69, 9.17) is 0 Å². The zero-order valence-electron chi connectivity index (χ0n) is 12.9. The van der Waals surface area contributed by atoms with Crippen LogP contribution in [0.15, 0.2) is 28.2 Å². The maximum atomic E-state index is 12.6. The van der Waals surface area contributed by atoms with Crippen LogP contribution in [0.1, 0.15) is 50.0 Å². The molecule has 1 aromatic rings. The van der Waals surface area contributed by atoms with Crippen molar-refractivity contribution in [1.82, 2.24) is 0 Å². The summed E-state index contributed by atoms with van der Waals surface area (Å²) in [7, 11) is 0. The van der Waals surface area contributed by atoms with Gasteiger partial charge in [0.15, 0.2) is 5.78 Å². The maximum absolute atomic E-state index is 12.6. The summed E-state index contributed by atoms with van der Waals surface area (Å²) in [6.45, 7) is 6.12. The third-order valence-electron chi connectivity index (χ3n) is 5.04. The average molecular weight is 302 g/mol. The first-order valence-corrected chi connectivity index (χ1v) is 8.48. The van der Waals surface area contributed by atoms with Crippen LogP contribution >= 0.6 is 11.3 Å². The Balaban J connectivity index is 2.04. The number of hydrogen-bond donors (Lipinski definition) is 1. The predicted octanol–water partition coefficient (Wildman–Crippen LogP) is 4.28. The molecule has 2 nitrogen and oxygen atoms in total. The standard InChI is InChI=1S/C18H22O2S/c1-11-7-14(21-10-11)8-13-9-18(3)15(12(2)17(13)20)5-4-6-16(18)19/h7-8,10,16,19H,4-6,9H2,1-3H3/t16-,18-/m0/s1. The first-order valence-electron chi connectivity index (χ1n) is 7.60. The van der Waals surface area contributed by atoms with Crippen LogP contribution in [0.4, 0.5) is 0 Å². The third kappa shape index (κ3) is 2.43. The van der Waals surface area contributed by atoms with Crippen LogP contribution in [0.25, 0.3) is 6.08 Å². The molecule has 3 rings (SSSR count). The molecule has 2 atom stereocenters. The number of thiophene rings is 1. The molecule has 1 aromatic heterocycles. The number of rotatable bonds is 1. The largest absolute Gasteiger partial charge is 0.392 e. The van der Waals surface area contributed by atoms with Crippen molar-refractivity contribution in [2.24, 2.45) is 5.41 Å². The Morgan fingerprint density at radius 3 is 2.86 bits per heavy atom. The Bertz CT molecular complexity index is 650. The maximum Gasteiger partial charge on any atom is 0.184 e. The lowest BCUT2D eigenvalue weighted by Gasteiger charge is -2.45. The van der Waals surface area contributed by atoms with Crippen molar-refractivity contribution in [2.75, 3.05) is 0 Å². The number of carbonyl (C=O) groups excluding carboxylic acids is 1. The molecular weight excluding hydrogens is 280 g/mol. The van der Waals surface area contributed by atoms with E-state index in [1.165, 1.54) is 11.1 Å². The number of aryl methyl sites for hydroxylation is 1. The minimum absolute atomic E-state index is 0.169. The average Bonchev–Trinajstić information content (AvgIpc) is 2.84. The van der Waals surface area contributed by atoms with Gasteiger partial charge < -0.3 is 5.11 Å². The molecule has 1 fully saturated rings. The monoisotopic (exact) mass is 302 g/mol. The second-order valence-corrected chi connectivity index (χ2v) is 7.57. The van der Waals surface area contributed by atoms with Crippen molar-refractivity contribution in [3.63, 3.8) is 0 Å². The van der Waals surface area contributed by atoms with Crippen LogP contribution < -0.4 is 0 Å². The highest BCUT2D eigenvalue weighted by molar-refractivity contribution is 7.11. The van der Waals surface area contributed by atoms with E-state index >= 15 is 0 Å². The molecule has 0 aromatic carbocycles. The van der Waals surface area contributed by atoms with Crippen LogP contribution in [0.5, 0.6) is 0 Å². The van der Waals surface area contributed by atoms with Crippen molar-refractivity contribution < 1.29 is 9.90 Å². The number of hydrogen-bond acceptors (Lipinski definition) is 3. The van der Waals surface area contributed by atoms with Gasteiger partial charge in [-0.1, -0.05) is 12.5 Å². The van der Waals surface area contributed by atoms with Crippen LogP contribution in [-0.2, 0) is 4.79 Å². The zero-order valence-corrected chi connectivity index (χ0v) is 13.7. The van der Waals surface area contributed by atoms with Crippen LogP contribution in [0.2, 0.25) is 0 Å². The van der Waals surface area contributed by atoms with Crippen molar-refractivity contribution in [1.29, 1.82) is 0 Å². The lowest BCUT2D eigenvalue weighted by atomic mass is 9.61. The molecule has 1 saturated carbocycles. The van der Waals surface area contributed by atoms with Gasteiger partial charge in [-0.15, -0.1) is 11.3 Å². The first-order chi connectivity index (χ1) is 9.91. The summed E-state index contributed by atoms with van der Waals surface area (Å²) >= 11 is 1.67. The summed E-state index contributed by atoms with van der Waals surface area (Å²) < 4.78 is 0. The second-order valence-electron chi connectivity index (χ2n) is 6.63. The number of aliphatic hydroxyl groups excluding tert-OH is 1. The van der Waals surface area contributed by atoms with E-state index in [-0.39, 0.29) is 17.3 Å². The Hall–Kier alpha value is -1.19. The molecule has 112 valence electrons. The smallest absolute Gasteiger partial charge is 0.184 e. The summed E-state index contributed by atoms with van der Waals surface area (Å²) in [6, 6.07) is 2.11. The number of carbonyl (C=O) groups is 1. The van der Waals surface area contributed by atoms with E-state index in [1.54, 1.807) is 11.3 Å². The third-order valence-corrected chi connectivity index (χ3v) is 6.04. The van der Waals surface area contributed by atoms with Crippen molar-refractivity contribution in [3.8, 4) is 0 Å². The molecule has 0 saturated heterocycles. The Morgan fingerprint density at radius 2 is 2.19 bits per heavy atom. The van der Waals surface area contributed by atoms with Gasteiger partial charge in [0.05, 0.1) is 6.10 Å². The summed E-state index contributed by atoms with van der Waals surface area (Å²) in [4.78, 5) is 13.8. The number of Topliss-reactive ketones (excluding diaryl/α,β-unsaturated/α-hetero) is 1. The zero-order chi connectivity index (χ0) is 15.2. The molecule has 3 heteroatoms. The van der Waals surface area contributed by atoms with E-state index < -0.39 is 0 Å².